The van der Waals surface area contributed by atoms with Crippen molar-refractivity contribution in [2.45, 2.75) is 20.3 Å². The van der Waals surface area contributed by atoms with Crippen LogP contribution < -0.4 is 5.32 Å². The molecule has 14 heavy (non-hydrogen) atoms. The molecule has 4 nitrogen and oxygen atoms in total. The van der Waals surface area contributed by atoms with Crippen LogP contribution in [0.1, 0.15) is 29.1 Å². The van der Waals surface area contributed by atoms with Gasteiger partial charge < -0.3 is 10.4 Å². The molecule has 0 saturated heterocycles. The number of anilines is 1. The molecule has 1 amide bonds. The third-order valence-electron chi connectivity index (χ3n) is 1.65. The molecule has 0 spiro atoms. The van der Waals surface area contributed by atoms with Crippen LogP contribution in [0.5, 0.6) is 0 Å². The van der Waals surface area contributed by atoms with E-state index in [0.29, 0.717) is 5.00 Å². The zero-order valence-corrected chi connectivity index (χ0v) is 8.77. The lowest BCUT2D eigenvalue weighted by Crippen LogP contribution is -2.07. The van der Waals surface area contributed by atoms with E-state index in [-0.39, 0.29) is 11.5 Å². The SMILES string of the molecule is CCc1cc(C(=O)O)c(NC(C)=O)s1. The van der Waals surface area contributed by atoms with E-state index >= 15 is 0 Å². The minimum atomic E-state index is -1.01. The van der Waals surface area contributed by atoms with Gasteiger partial charge in [0, 0.05) is 11.8 Å². The highest BCUT2D eigenvalue weighted by Crippen LogP contribution is 2.28. The van der Waals surface area contributed by atoms with Gasteiger partial charge in [0.2, 0.25) is 5.91 Å². The van der Waals surface area contributed by atoms with E-state index in [4.69, 9.17) is 5.11 Å². The second-order valence-electron chi connectivity index (χ2n) is 2.80. The summed E-state index contributed by atoms with van der Waals surface area (Å²) in [6, 6.07) is 1.60. The number of amides is 1. The molecule has 1 rings (SSSR count). The topological polar surface area (TPSA) is 66.4 Å². The zero-order chi connectivity index (χ0) is 10.7. The Morgan fingerprint density at radius 1 is 1.57 bits per heavy atom. The number of carboxylic acid groups (broad SMARTS) is 1. The monoisotopic (exact) mass is 213 g/mol. The molecule has 0 atom stereocenters. The van der Waals surface area contributed by atoms with Crippen molar-refractivity contribution in [3.05, 3.63) is 16.5 Å². The van der Waals surface area contributed by atoms with Crippen molar-refractivity contribution >= 4 is 28.2 Å². The van der Waals surface area contributed by atoms with Gasteiger partial charge in [-0.15, -0.1) is 11.3 Å². The number of rotatable bonds is 3. The quantitative estimate of drug-likeness (QED) is 0.806. The minimum Gasteiger partial charge on any atom is -0.478 e. The van der Waals surface area contributed by atoms with Crippen molar-refractivity contribution in [3.63, 3.8) is 0 Å². The Balaban J connectivity index is 3.05. The summed E-state index contributed by atoms with van der Waals surface area (Å²) in [6.07, 6.45) is 0.768. The van der Waals surface area contributed by atoms with E-state index in [1.807, 2.05) is 6.92 Å². The summed E-state index contributed by atoms with van der Waals surface area (Å²) >= 11 is 1.30. The highest BCUT2D eigenvalue weighted by atomic mass is 32.1. The van der Waals surface area contributed by atoms with Crippen LogP contribution >= 0.6 is 11.3 Å². The molecule has 0 saturated carbocycles. The average Bonchev–Trinajstić information content (AvgIpc) is 2.46. The van der Waals surface area contributed by atoms with Crippen LogP contribution in [0.15, 0.2) is 6.07 Å². The van der Waals surface area contributed by atoms with Crippen molar-refractivity contribution in [1.82, 2.24) is 0 Å². The maximum Gasteiger partial charge on any atom is 0.338 e. The molecule has 0 aliphatic heterocycles. The third kappa shape index (κ3) is 2.32. The molecule has 1 heterocycles. The van der Waals surface area contributed by atoms with E-state index in [0.717, 1.165) is 11.3 Å². The molecule has 0 unspecified atom stereocenters. The molecule has 1 aromatic heterocycles. The molecular weight excluding hydrogens is 202 g/mol. The van der Waals surface area contributed by atoms with Gasteiger partial charge in [-0.2, -0.15) is 0 Å². The fourth-order valence-corrected chi connectivity index (χ4v) is 2.06. The van der Waals surface area contributed by atoms with E-state index in [9.17, 15) is 9.59 Å². The Hall–Kier alpha value is -1.36. The third-order valence-corrected chi connectivity index (χ3v) is 2.85. The van der Waals surface area contributed by atoms with E-state index < -0.39 is 5.97 Å². The van der Waals surface area contributed by atoms with E-state index in [1.54, 1.807) is 6.07 Å². The standard InChI is InChI=1S/C9H11NO3S/c1-3-6-4-7(9(12)13)8(14-6)10-5(2)11/h4H,3H2,1-2H3,(H,10,11)(H,12,13). The predicted molar refractivity (Wildman–Crippen MR) is 55.0 cm³/mol. The van der Waals surface area contributed by atoms with Crippen molar-refractivity contribution in [3.8, 4) is 0 Å². The highest BCUT2D eigenvalue weighted by molar-refractivity contribution is 7.16. The molecule has 0 aliphatic rings. The molecule has 1 aromatic rings. The summed E-state index contributed by atoms with van der Waals surface area (Å²) in [6.45, 7) is 3.30. The Morgan fingerprint density at radius 3 is 2.64 bits per heavy atom. The summed E-state index contributed by atoms with van der Waals surface area (Å²) in [4.78, 5) is 22.5. The number of thiophene rings is 1. The number of hydrogen-bond donors (Lipinski definition) is 2. The minimum absolute atomic E-state index is 0.169. The molecule has 2 N–H and O–H groups in total. The van der Waals surface area contributed by atoms with Gasteiger partial charge in [0.05, 0.1) is 5.56 Å². The number of carboxylic acids is 1. The van der Waals surface area contributed by atoms with Gasteiger partial charge >= 0.3 is 5.97 Å². The summed E-state index contributed by atoms with van der Waals surface area (Å²) < 4.78 is 0. The Labute approximate surface area is 85.6 Å². The number of hydrogen-bond acceptors (Lipinski definition) is 3. The molecule has 0 fully saturated rings. The number of aromatic carboxylic acids is 1. The zero-order valence-electron chi connectivity index (χ0n) is 7.96. The van der Waals surface area contributed by atoms with Gasteiger partial charge in [0.25, 0.3) is 0 Å². The lowest BCUT2D eigenvalue weighted by atomic mass is 10.2. The highest BCUT2D eigenvalue weighted by Gasteiger charge is 2.14. The van der Waals surface area contributed by atoms with Crippen molar-refractivity contribution in [2.75, 3.05) is 5.32 Å². The van der Waals surface area contributed by atoms with Crippen LogP contribution in [0.25, 0.3) is 0 Å². The smallest absolute Gasteiger partial charge is 0.338 e. The normalized spacial score (nSPS) is 9.86. The van der Waals surface area contributed by atoms with Crippen molar-refractivity contribution in [1.29, 1.82) is 0 Å². The lowest BCUT2D eigenvalue weighted by molar-refractivity contribution is -0.114. The van der Waals surface area contributed by atoms with Gasteiger partial charge in [-0.05, 0) is 12.5 Å². The summed E-state index contributed by atoms with van der Waals surface area (Å²) in [5.41, 5.74) is 0.169. The average molecular weight is 213 g/mol. The molecule has 5 heteroatoms. The summed E-state index contributed by atoms with van der Waals surface area (Å²) in [5, 5.41) is 11.8. The van der Waals surface area contributed by atoms with Gasteiger partial charge in [-0.25, -0.2) is 4.79 Å². The van der Waals surface area contributed by atoms with Gasteiger partial charge in [-0.1, -0.05) is 6.92 Å². The number of carbonyl (C=O) groups excluding carboxylic acids is 1. The molecule has 0 aliphatic carbocycles. The molecular formula is C9H11NO3S. The Kier molecular flexibility index (Phi) is 3.24. The maximum absolute atomic E-state index is 10.8. The fourth-order valence-electron chi connectivity index (χ4n) is 1.03. The summed E-state index contributed by atoms with van der Waals surface area (Å²) in [7, 11) is 0. The van der Waals surface area contributed by atoms with Gasteiger partial charge in [0.15, 0.2) is 0 Å². The first-order valence-corrected chi connectivity index (χ1v) is 4.99. The first-order chi connectivity index (χ1) is 6.54. The number of aryl methyl sites for hydroxylation is 1. The first kappa shape index (κ1) is 10.7. The summed E-state index contributed by atoms with van der Waals surface area (Å²) in [5.74, 6) is -1.26. The fraction of sp³-hybridized carbons (Fsp3) is 0.333. The van der Waals surface area contributed by atoms with Crippen LogP contribution in [-0.2, 0) is 11.2 Å². The largest absolute Gasteiger partial charge is 0.478 e. The second kappa shape index (κ2) is 4.23. The second-order valence-corrected chi connectivity index (χ2v) is 3.93. The Morgan fingerprint density at radius 2 is 2.21 bits per heavy atom. The van der Waals surface area contributed by atoms with Crippen LogP contribution in [0.3, 0.4) is 0 Å². The number of carbonyl (C=O) groups is 2. The van der Waals surface area contributed by atoms with E-state index in [1.165, 1.54) is 18.3 Å². The van der Waals surface area contributed by atoms with Crippen LogP contribution in [-0.4, -0.2) is 17.0 Å². The number of nitrogens with one attached hydrogen (secondary N) is 1. The Bertz CT molecular complexity index is 370. The van der Waals surface area contributed by atoms with Crippen molar-refractivity contribution < 1.29 is 14.7 Å². The van der Waals surface area contributed by atoms with Crippen LogP contribution in [0.4, 0.5) is 5.00 Å². The molecule has 76 valence electrons. The molecule has 0 bridgehead atoms. The predicted octanol–water partition coefficient (Wildman–Crippen LogP) is 1.97. The molecule has 0 aromatic carbocycles. The first-order valence-electron chi connectivity index (χ1n) is 4.18. The van der Waals surface area contributed by atoms with Crippen LogP contribution in [0.2, 0.25) is 0 Å². The van der Waals surface area contributed by atoms with Crippen molar-refractivity contribution in [2.24, 2.45) is 0 Å². The lowest BCUT2D eigenvalue weighted by Gasteiger charge is -1.98. The van der Waals surface area contributed by atoms with E-state index in [2.05, 4.69) is 5.32 Å². The molecule has 0 radical (unpaired) electrons. The van der Waals surface area contributed by atoms with Gasteiger partial charge in [-0.3, -0.25) is 4.79 Å². The maximum atomic E-state index is 10.8. The van der Waals surface area contributed by atoms with Crippen LogP contribution in [0, 0.1) is 0 Å². The van der Waals surface area contributed by atoms with Gasteiger partial charge in [0.1, 0.15) is 5.00 Å².